The van der Waals surface area contributed by atoms with Gasteiger partial charge in [0.25, 0.3) is 0 Å². The summed E-state index contributed by atoms with van der Waals surface area (Å²) in [4.78, 5) is 13.9. The fourth-order valence-corrected chi connectivity index (χ4v) is 2.24. The first-order valence-corrected chi connectivity index (χ1v) is 7.57. The lowest BCUT2D eigenvalue weighted by atomic mass is 10.2. The van der Waals surface area contributed by atoms with Gasteiger partial charge in [0.1, 0.15) is 11.5 Å². The molecule has 0 N–H and O–H groups in total. The number of carbonyl (C=O) groups excluding carboxylic acids is 1. The van der Waals surface area contributed by atoms with E-state index in [1.807, 2.05) is 50.2 Å². The molecule has 4 nitrogen and oxygen atoms in total. The molecule has 1 amide bonds. The highest BCUT2D eigenvalue weighted by Crippen LogP contribution is 2.20. The Bertz CT molecular complexity index is 592. The molecule has 118 valence electrons. The zero-order valence-electron chi connectivity index (χ0n) is 13.4. The maximum Gasteiger partial charge on any atom is 0.223 e. The summed E-state index contributed by atoms with van der Waals surface area (Å²) >= 11 is 0. The van der Waals surface area contributed by atoms with Crippen LogP contribution in [0.5, 0.6) is 5.75 Å². The predicted molar refractivity (Wildman–Crippen MR) is 85.8 cm³/mol. The van der Waals surface area contributed by atoms with E-state index >= 15 is 0 Å². The van der Waals surface area contributed by atoms with Crippen LogP contribution >= 0.6 is 0 Å². The smallest absolute Gasteiger partial charge is 0.223 e. The maximum atomic E-state index is 12.2. The van der Waals surface area contributed by atoms with Gasteiger partial charge >= 0.3 is 0 Å². The van der Waals surface area contributed by atoms with Crippen LogP contribution in [0.25, 0.3) is 0 Å². The van der Waals surface area contributed by atoms with Crippen molar-refractivity contribution in [3.8, 4) is 5.75 Å². The van der Waals surface area contributed by atoms with Gasteiger partial charge in [0.05, 0.1) is 18.9 Å². The normalized spacial score (nSPS) is 12.0. The summed E-state index contributed by atoms with van der Waals surface area (Å²) in [5, 5.41) is 0. The first-order chi connectivity index (χ1) is 10.6. The van der Waals surface area contributed by atoms with Gasteiger partial charge < -0.3 is 14.1 Å². The number of carbonyl (C=O) groups is 1. The number of hydrogen-bond acceptors (Lipinski definition) is 3. The molecular formula is C18H23NO3. The molecule has 1 atom stereocenters. The Morgan fingerprint density at radius 2 is 2.05 bits per heavy atom. The van der Waals surface area contributed by atoms with Crippen molar-refractivity contribution in [2.45, 2.75) is 32.7 Å². The molecule has 1 aromatic carbocycles. The van der Waals surface area contributed by atoms with Crippen molar-refractivity contribution in [3.05, 3.63) is 54.0 Å². The van der Waals surface area contributed by atoms with Crippen molar-refractivity contribution in [2.75, 3.05) is 13.7 Å². The second-order valence-electron chi connectivity index (χ2n) is 5.41. The van der Waals surface area contributed by atoms with E-state index < -0.39 is 0 Å². The molecule has 0 saturated heterocycles. The third-order valence-electron chi connectivity index (χ3n) is 3.82. The van der Waals surface area contributed by atoms with Crippen molar-refractivity contribution in [1.82, 2.24) is 4.90 Å². The standard InChI is InChI=1S/C18H23NO3/c1-14-8-4-5-9-16(14)21-13-7-11-18(20)19(3)15(2)17-10-6-12-22-17/h4-6,8-10,12,15H,7,11,13H2,1-3H3. The number of hydrogen-bond donors (Lipinski definition) is 0. The van der Waals surface area contributed by atoms with Crippen LogP contribution in [-0.2, 0) is 4.79 Å². The molecule has 0 aliphatic rings. The average Bonchev–Trinajstić information content (AvgIpc) is 3.05. The summed E-state index contributed by atoms with van der Waals surface area (Å²) in [6.07, 6.45) is 2.79. The largest absolute Gasteiger partial charge is 0.493 e. The van der Waals surface area contributed by atoms with E-state index in [0.717, 1.165) is 17.1 Å². The second-order valence-corrected chi connectivity index (χ2v) is 5.41. The van der Waals surface area contributed by atoms with E-state index in [1.54, 1.807) is 18.2 Å². The van der Waals surface area contributed by atoms with Gasteiger partial charge in [0.15, 0.2) is 0 Å². The molecular weight excluding hydrogens is 278 g/mol. The van der Waals surface area contributed by atoms with Crippen molar-refractivity contribution in [2.24, 2.45) is 0 Å². The van der Waals surface area contributed by atoms with Crippen LogP contribution in [0, 0.1) is 6.92 Å². The lowest BCUT2D eigenvalue weighted by Crippen LogP contribution is -2.29. The van der Waals surface area contributed by atoms with Gasteiger partial charge in [-0.05, 0) is 44.0 Å². The second kappa shape index (κ2) is 7.69. The maximum absolute atomic E-state index is 12.2. The predicted octanol–water partition coefficient (Wildman–Crippen LogP) is 3.97. The minimum atomic E-state index is -0.0558. The summed E-state index contributed by atoms with van der Waals surface area (Å²) < 4.78 is 11.1. The highest BCUT2D eigenvalue weighted by molar-refractivity contribution is 5.76. The van der Waals surface area contributed by atoms with E-state index in [0.29, 0.717) is 19.4 Å². The topological polar surface area (TPSA) is 42.7 Å². The van der Waals surface area contributed by atoms with Crippen molar-refractivity contribution < 1.29 is 13.9 Å². The highest BCUT2D eigenvalue weighted by atomic mass is 16.5. The molecule has 0 aliphatic heterocycles. The molecule has 1 unspecified atom stereocenters. The fraction of sp³-hybridized carbons (Fsp3) is 0.389. The first-order valence-electron chi connectivity index (χ1n) is 7.57. The van der Waals surface area contributed by atoms with Gasteiger partial charge in [0, 0.05) is 13.5 Å². The molecule has 0 spiro atoms. The Kier molecular flexibility index (Phi) is 5.64. The quantitative estimate of drug-likeness (QED) is 0.727. The molecule has 0 bridgehead atoms. The Balaban J connectivity index is 1.75. The van der Waals surface area contributed by atoms with E-state index in [1.165, 1.54) is 0 Å². The summed E-state index contributed by atoms with van der Waals surface area (Å²) in [7, 11) is 1.80. The molecule has 0 saturated carbocycles. The summed E-state index contributed by atoms with van der Waals surface area (Å²) in [6.45, 7) is 4.51. The Morgan fingerprint density at radius 3 is 2.73 bits per heavy atom. The van der Waals surface area contributed by atoms with Crippen molar-refractivity contribution in [1.29, 1.82) is 0 Å². The highest BCUT2D eigenvalue weighted by Gasteiger charge is 2.18. The van der Waals surface area contributed by atoms with Crippen LogP contribution in [0.2, 0.25) is 0 Å². The van der Waals surface area contributed by atoms with Crippen LogP contribution in [0.4, 0.5) is 0 Å². The van der Waals surface area contributed by atoms with Gasteiger partial charge in [-0.25, -0.2) is 0 Å². The Labute approximate surface area is 131 Å². The number of benzene rings is 1. The zero-order valence-corrected chi connectivity index (χ0v) is 13.4. The van der Waals surface area contributed by atoms with E-state index in [9.17, 15) is 4.79 Å². The number of nitrogens with zero attached hydrogens (tertiary/aromatic N) is 1. The van der Waals surface area contributed by atoms with Crippen LogP contribution in [0.3, 0.4) is 0 Å². The molecule has 0 aliphatic carbocycles. The molecule has 0 fully saturated rings. The van der Waals surface area contributed by atoms with Crippen LogP contribution < -0.4 is 4.74 Å². The van der Waals surface area contributed by atoms with Crippen molar-refractivity contribution in [3.63, 3.8) is 0 Å². The lowest BCUT2D eigenvalue weighted by molar-refractivity contribution is -0.132. The summed E-state index contributed by atoms with van der Waals surface area (Å²) in [5.74, 6) is 1.77. The van der Waals surface area contributed by atoms with Gasteiger partial charge in [-0.2, -0.15) is 0 Å². The average molecular weight is 301 g/mol. The van der Waals surface area contributed by atoms with E-state index in [-0.39, 0.29) is 11.9 Å². The Hall–Kier alpha value is -2.23. The number of para-hydroxylation sites is 1. The zero-order chi connectivity index (χ0) is 15.9. The lowest BCUT2D eigenvalue weighted by Gasteiger charge is -2.23. The number of ether oxygens (including phenoxy) is 1. The van der Waals surface area contributed by atoms with Crippen LogP contribution in [0.15, 0.2) is 47.1 Å². The third-order valence-corrected chi connectivity index (χ3v) is 3.82. The van der Waals surface area contributed by atoms with Gasteiger partial charge in [-0.15, -0.1) is 0 Å². The molecule has 1 heterocycles. The van der Waals surface area contributed by atoms with E-state index in [4.69, 9.17) is 9.15 Å². The number of aryl methyl sites for hydroxylation is 1. The van der Waals surface area contributed by atoms with Crippen LogP contribution in [-0.4, -0.2) is 24.5 Å². The minimum Gasteiger partial charge on any atom is -0.493 e. The molecule has 22 heavy (non-hydrogen) atoms. The summed E-state index contributed by atoms with van der Waals surface area (Å²) in [5.41, 5.74) is 1.11. The van der Waals surface area contributed by atoms with Gasteiger partial charge in [-0.1, -0.05) is 18.2 Å². The first kappa shape index (κ1) is 16.1. The molecule has 2 rings (SSSR count). The molecule has 2 aromatic rings. The third kappa shape index (κ3) is 4.13. The molecule has 1 aromatic heterocycles. The van der Waals surface area contributed by atoms with E-state index in [2.05, 4.69) is 0 Å². The molecule has 4 heteroatoms. The summed E-state index contributed by atoms with van der Waals surface area (Å²) in [6, 6.07) is 11.6. The number of furan rings is 1. The van der Waals surface area contributed by atoms with Gasteiger partial charge in [0.2, 0.25) is 5.91 Å². The fourth-order valence-electron chi connectivity index (χ4n) is 2.24. The Morgan fingerprint density at radius 1 is 1.27 bits per heavy atom. The molecule has 0 radical (unpaired) electrons. The number of amides is 1. The SMILES string of the molecule is Cc1ccccc1OCCCC(=O)N(C)C(C)c1ccco1. The van der Waals surface area contributed by atoms with Gasteiger partial charge in [-0.3, -0.25) is 4.79 Å². The monoisotopic (exact) mass is 301 g/mol. The number of rotatable bonds is 7. The van der Waals surface area contributed by atoms with Crippen LogP contribution in [0.1, 0.15) is 37.1 Å². The minimum absolute atomic E-state index is 0.0558. The van der Waals surface area contributed by atoms with Crippen molar-refractivity contribution >= 4 is 5.91 Å².